The van der Waals surface area contributed by atoms with Gasteiger partial charge in [-0.3, -0.25) is 4.79 Å². The van der Waals surface area contributed by atoms with Crippen LogP contribution in [-0.2, 0) is 11.2 Å². The number of hydrogen-bond donors (Lipinski definition) is 1. The molecule has 1 aromatic rings. The van der Waals surface area contributed by atoms with Crippen LogP contribution in [0.2, 0.25) is 0 Å². The molecule has 0 saturated carbocycles. The third-order valence-electron chi connectivity index (χ3n) is 2.25. The van der Waals surface area contributed by atoms with Gasteiger partial charge in [-0.05, 0) is 30.0 Å². The summed E-state index contributed by atoms with van der Waals surface area (Å²) in [5.74, 6) is -4.88. The molecule has 1 atom stereocenters. The number of halogens is 3. The van der Waals surface area contributed by atoms with E-state index >= 15 is 0 Å². The van der Waals surface area contributed by atoms with E-state index in [1.54, 1.807) is 0 Å². The summed E-state index contributed by atoms with van der Waals surface area (Å²) in [6.07, 6.45) is -0.388. The highest BCUT2D eigenvalue weighted by molar-refractivity contribution is 5.73. The minimum atomic E-state index is -1.37. The first-order valence-corrected chi connectivity index (χ1v) is 4.86. The highest BCUT2D eigenvalue weighted by atomic mass is 19.2. The Hall–Kier alpha value is -2.21. The zero-order valence-corrected chi connectivity index (χ0v) is 8.98. The molecule has 0 aliphatic rings. The predicted molar refractivity (Wildman–Crippen MR) is 55.2 cm³/mol. The third kappa shape index (κ3) is 3.39. The lowest BCUT2D eigenvalue weighted by atomic mass is 10.0. The fourth-order valence-corrected chi connectivity index (χ4v) is 1.34. The third-order valence-corrected chi connectivity index (χ3v) is 2.25. The summed E-state index contributed by atoms with van der Waals surface area (Å²) >= 11 is 0. The van der Waals surface area contributed by atoms with Gasteiger partial charge in [0.25, 0.3) is 0 Å². The maximum atomic E-state index is 13.2. The summed E-state index contributed by atoms with van der Waals surface area (Å²) in [6.45, 7) is 0. The van der Waals surface area contributed by atoms with Crippen molar-refractivity contribution in [1.29, 1.82) is 0 Å². The molecule has 1 aromatic carbocycles. The molecular weight excluding hydrogens is 251 g/mol. The van der Waals surface area contributed by atoms with E-state index in [2.05, 4.69) is 10.0 Å². The van der Waals surface area contributed by atoms with E-state index in [0.29, 0.717) is 12.1 Å². The molecule has 1 N–H and O–H groups in total. The van der Waals surface area contributed by atoms with Crippen molar-refractivity contribution in [3.05, 3.63) is 45.6 Å². The van der Waals surface area contributed by atoms with Crippen LogP contribution in [0.5, 0.6) is 0 Å². The van der Waals surface area contributed by atoms with Gasteiger partial charge in [-0.25, -0.2) is 13.2 Å². The number of carbonyl (C=O) groups is 1. The van der Waals surface area contributed by atoms with Gasteiger partial charge in [0, 0.05) is 11.0 Å². The highest BCUT2D eigenvalue weighted by Crippen LogP contribution is 2.16. The SMILES string of the molecule is [N-]=[N+]=NC(CCc1cc(F)c(F)cc1F)C(=O)O. The van der Waals surface area contributed by atoms with Crippen LogP contribution in [0.25, 0.3) is 10.4 Å². The minimum absolute atomic E-state index is 0.173. The Morgan fingerprint density at radius 1 is 1.33 bits per heavy atom. The number of azide groups is 1. The van der Waals surface area contributed by atoms with Gasteiger partial charge in [0.05, 0.1) is 0 Å². The minimum Gasteiger partial charge on any atom is -0.481 e. The summed E-state index contributed by atoms with van der Waals surface area (Å²) in [5, 5.41) is 11.7. The Morgan fingerprint density at radius 2 is 1.94 bits per heavy atom. The lowest BCUT2D eigenvalue weighted by molar-refractivity contribution is -0.138. The standard InChI is InChI=1S/C10H8F3N3O2/c11-6-4-8(13)7(12)3-5(6)1-2-9(10(17)18)15-16-14/h3-4,9H,1-2H2,(H,17,18). The quantitative estimate of drug-likeness (QED) is 0.381. The largest absolute Gasteiger partial charge is 0.481 e. The maximum Gasteiger partial charge on any atom is 0.312 e. The van der Waals surface area contributed by atoms with E-state index in [9.17, 15) is 18.0 Å². The molecule has 0 radical (unpaired) electrons. The molecule has 0 aromatic heterocycles. The molecular formula is C10H8F3N3O2. The molecule has 0 heterocycles. The van der Waals surface area contributed by atoms with Crippen LogP contribution < -0.4 is 0 Å². The van der Waals surface area contributed by atoms with E-state index in [4.69, 9.17) is 10.6 Å². The summed E-state index contributed by atoms with van der Waals surface area (Å²) in [5.41, 5.74) is 7.96. The van der Waals surface area contributed by atoms with Gasteiger partial charge in [0.2, 0.25) is 0 Å². The first-order chi connectivity index (χ1) is 8.45. The van der Waals surface area contributed by atoms with E-state index in [1.807, 2.05) is 0 Å². The molecule has 0 fully saturated rings. The van der Waals surface area contributed by atoms with Crippen LogP contribution in [0.1, 0.15) is 12.0 Å². The fourth-order valence-electron chi connectivity index (χ4n) is 1.34. The van der Waals surface area contributed by atoms with Crippen molar-refractivity contribution in [3.8, 4) is 0 Å². The van der Waals surface area contributed by atoms with E-state index in [0.717, 1.165) is 0 Å². The maximum absolute atomic E-state index is 13.2. The number of rotatable bonds is 5. The van der Waals surface area contributed by atoms with Crippen LogP contribution in [0.15, 0.2) is 17.2 Å². The molecule has 1 unspecified atom stereocenters. The normalized spacial score (nSPS) is 11.7. The second kappa shape index (κ2) is 5.92. The van der Waals surface area contributed by atoms with Crippen molar-refractivity contribution in [1.82, 2.24) is 0 Å². The second-order valence-corrected chi connectivity index (χ2v) is 3.46. The van der Waals surface area contributed by atoms with Crippen LogP contribution in [0.4, 0.5) is 13.2 Å². The molecule has 96 valence electrons. The number of aryl methyl sites for hydroxylation is 1. The number of nitrogens with zero attached hydrogens (tertiary/aromatic N) is 3. The number of benzene rings is 1. The van der Waals surface area contributed by atoms with Crippen molar-refractivity contribution in [2.45, 2.75) is 18.9 Å². The Bertz CT molecular complexity index is 513. The Labute approximate surface area is 99.5 Å². The van der Waals surface area contributed by atoms with Crippen molar-refractivity contribution in [3.63, 3.8) is 0 Å². The number of aliphatic carboxylic acids is 1. The van der Waals surface area contributed by atoms with Crippen molar-refractivity contribution in [2.24, 2.45) is 5.11 Å². The summed E-state index contributed by atoms with van der Waals surface area (Å²) in [6, 6.07) is -0.337. The molecule has 0 saturated heterocycles. The Kier molecular flexibility index (Phi) is 4.56. The van der Waals surface area contributed by atoms with Gasteiger partial charge < -0.3 is 5.11 Å². The predicted octanol–water partition coefficient (Wildman–Crippen LogP) is 2.80. The molecule has 18 heavy (non-hydrogen) atoms. The molecule has 0 amide bonds. The molecule has 0 bridgehead atoms. The zero-order valence-electron chi connectivity index (χ0n) is 8.98. The fraction of sp³-hybridized carbons (Fsp3) is 0.300. The lowest BCUT2D eigenvalue weighted by Crippen LogP contribution is -2.18. The van der Waals surface area contributed by atoms with E-state index in [1.165, 1.54) is 0 Å². The molecule has 5 nitrogen and oxygen atoms in total. The lowest BCUT2D eigenvalue weighted by Gasteiger charge is -2.07. The van der Waals surface area contributed by atoms with Gasteiger partial charge in [-0.15, -0.1) is 0 Å². The van der Waals surface area contributed by atoms with Crippen LogP contribution in [0, 0.1) is 17.5 Å². The smallest absolute Gasteiger partial charge is 0.312 e. The summed E-state index contributed by atoms with van der Waals surface area (Å²) in [7, 11) is 0. The molecule has 1 rings (SSSR count). The Balaban J connectivity index is 2.82. The van der Waals surface area contributed by atoms with Crippen LogP contribution >= 0.6 is 0 Å². The summed E-state index contributed by atoms with van der Waals surface area (Å²) < 4.78 is 38.7. The van der Waals surface area contributed by atoms with Gasteiger partial charge in [-0.1, -0.05) is 5.11 Å². The molecule has 0 aliphatic carbocycles. The van der Waals surface area contributed by atoms with Crippen LogP contribution in [-0.4, -0.2) is 17.1 Å². The zero-order chi connectivity index (χ0) is 13.7. The molecule has 0 spiro atoms. The van der Waals surface area contributed by atoms with Crippen molar-refractivity contribution < 1.29 is 23.1 Å². The van der Waals surface area contributed by atoms with E-state index < -0.39 is 29.5 Å². The van der Waals surface area contributed by atoms with Crippen molar-refractivity contribution >= 4 is 5.97 Å². The van der Waals surface area contributed by atoms with Crippen LogP contribution in [0.3, 0.4) is 0 Å². The van der Waals surface area contributed by atoms with Gasteiger partial charge in [0.1, 0.15) is 11.9 Å². The average molecular weight is 259 g/mol. The molecule has 0 aliphatic heterocycles. The average Bonchev–Trinajstić information content (AvgIpc) is 2.30. The number of carboxylic acids is 1. The van der Waals surface area contributed by atoms with E-state index in [-0.39, 0.29) is 18.4 Å². The van der Waals surface area contributed by atoms with Crippen molar-refractivity contribution in [2.75, 3.05) is 0 Å². The highest BCUT2D eigenvalue weighted by Gasteiger charge is 2.17. The second-order valence-electron chi connectivity index (χ2n) is 3.46. The summed E-state index contributed by atoms with van der Waals surface area (Å²) in [4.78, 5) is 13.0. The van der Waals surface area contributed by atoms with Gasteiger partial charge in [0.15, 0.2) is 11.6 Å². The number of carboxylic acid groups (broad SMARTS) is 1. The van der Waals surface area contributed by atoms with Gasteiger partial charge >= 0.3 is 5.97 Å². The monoisotopic (exact) mass is 259 g/mol. The number of hydrogen-bond acceptors (Lipinski definition) is 2. The topological polar surface area (TPSA) is 86.1 Å². The molecule has 8 heteroatoms. The van der Waals surface area contributed by atoms with Gasteiger partial charge in [-0.2, -0.15) is 0 Å². The Morgan fingerprint density at radius 3 is 2.50 bits per heavy atom. The first-order valence-electron chi connectivity index (χ1n) is 4.86. The first kappa shape index (κ1) is 13.9.